The molecule has 0 radical (unpaired) electrons. The minimum absolute atomic E-state index is 0.151. The summed E-state index contributed by atoms with van der Waals surface area (Å²) in [6.45, 7) is 7.11. The molecule has 0 spiro atoms. The zero-order chi connectivity index (χ0) is 14.2. The van der Waals surface area contributed by atoms with Crippen molar-refractivity contribution in [2.24, 2.45) is 0 Å². The van der Waals surface area contributed by atoms with Gasteiger partial charge in [-0.25, -0.2) is 0 Å². The number of ketones is 1. The highest BCUT2D eigenvalue weighted by molar-refractivity contribution is 6.00. The van der Waals surface area contributed by atoms with Crippen LogP contribution in [-0.2, 0) is 0 Å². The van der Waals surface area contributed by atoms with E-state index in [2.05, 4.69) is 17.1 Å². The lowest BCUT2D eigenvalue weighted by atomic mass is 10.1. The second-order valence-electron chi connectivity index (χ2n) is 5.15. The van der Waals surface area contributed by atoms with Crippen LogP contribution in [0.4, 0.5) is 0 Å². The molecule has 1 aromatic rings. The van der Waals surface area contributed by atoms with Crippen molar-refractivity contribution in [1.82, 2.24) is 10.2 Å². The van der Waals surface area contributed by atoms with Crippen molar-refractivity contribution in [2.75, 3.05) is 39.3 Å². The fraction of sp³-hybridized carbons (Fsp3) is 0.562. The monoisotopic (exact) mass is 276 g/mol. The Balaban J connectivity index is 2.00. The largest absolute Gasteiger partial charge is 0.493 e. The van der Waals surface area contributed by atoms with Crippen molar-refractivity contribution in [1.29, 1.82) is 0 Å². The van der Waals surface area contributed by atoms with E-state index < -0.39 is 0 Å². The quantitative estimate of drug-likeness (QED) is 0.806. The third kappa shape index (κ3) is 4.32. The summed E-state index contributed by atoms with van der Waals surface area (Å²) in [6, 6.07) is 7.56. The molecule has 1 aromatic carbocycles. The molecule has 0 atom stereocenters. The minimum atomic E-state index is 0.151. The SMILES string of the molecule is CCCOc1ccccc1C(=O)CN1CCCNCC1. The highest BCUT2D eigenvalue weighted by atomic mass is 16.5. The Hall–Kier alpha value is -1.39. The van der Waals surface area contributed by atoms with Crippen LogP contribution in [0.5, 0.6) is 5.75 Å². The van der Waals surface area contributed by atoms with Gasteiger partial charge >= 0.3 is 0 Å². The number of para-hydroxylation sites is 1. The number of rotatable bonds is 6. The molecule has 0 aliphatic carbocycles. The standard InChI is InChI=1S/C16H24N2O2/c1-2-12-20-16-7-4-3-6-14(16)15(19)13-18-10-5-8-17-9-11-18/h3-4,6-7,17H,2,5,8-13H2,1H3. The fourth-order valence-electron chi connectivity index (χ4n) is 2.38. The molecular formula is C16H24N2O2. The second kappa shape index (κ2) is 8.02. The summed E-state index contributed by atoms with van der Waals surface area (Å²) < 4.78 is 5.67. The van der Waals surface area contributed by atoms with E-state index >= 15 is 0 Å². The van der Waals surface area contributed by atoms with Crippen molar-refractivity contribution in [3.63, 3.8) is 0 Å². The topological polar surface area (TPSA) is 41.6 Å². The van der Waals surface area contributed by atoms with Crippen LogP contribution in [-0.4, -0.2) is 50.0 Å². The van der Waals surface area contributed by atoms with E-state index in [1.807, 2.05) is 24.3 Å². The Labute approximate surface area is 121 Å². The van der Waals surface area contributed by atoms with Crippen molar-refractivity contribution < 1.29 is 9.53 Å². The average Bonchev–Trinajstić information content (AvgIpc) is 2.74. The number of hydrogen-bond acceptors (Lipinski definition) is 4. The number of carbonyl (C=O) groups is 1. The number of ether oxygens (including phenoxy) is 1. The van der Waals surface area contributed by atoms with Gasteiger partial charge in [0, 0.05) is 13.1 Å². The molecule has 0 amide bonds. The molecule has 1 N–H and O–H groups in total. The Kier molecular flexibility index (Phi) is 6.02. The molecule has 4 nitrogen and oxygen atoms in total. The van der Waals surface area contributed by atoms with Gasteiger partial charge < -0.3 is 10.1 Å². The summed E-state index contributed by atoms with van der Waals surface area (Å²) in [7, 11) is 0. The van der Waals surface area contributed by atoms with Gasteiger partial charge in [-0.3, -0.25) is 9.69 Å². The maximum absolute atomic E-state index is 12.5. The van der Waals surface area contributed by atoms with Crippen LogP contribution in [0.2, 0.25) is 0 Å². The lowest BCUT2D eigenvalue weighted by Crippen LogP contribution is -2.33. The molecule has 110 valence electrons. The Morgan fingerprint density at radius 1 is 1.30 bits per heavy atom. The van der Waals surface area contributed by atoms with E-state index in [1.54, 1.807) is 0 Å². The number of carbonyl (C=O) groups excluding carboxylic acids is 1. The number of Topliss-reactive ketones (excluding diaryl/α,β-unsaturated/α-hetero) is 1. The summed E-state index contributed by atoms with van der Waals surface area (Å²) in [4.78, 5) is 14.7. The fourth-order valence-corrected chi connectivity index (χ4v) is 2.38. The van der Waals surface area contributed by atoms with Crippen molar-refractivity contribution in [3.8, 4) is 5.75 Å². The van der Waals surface area contributed by atoms with Gasteiger partial charge in [0.05, 0.1) is 18.7 Å². The first-order valence-electron chi connectivity index (χ1n) is 7.49. The van der Waals surface area contributed by atoms with Crippen LogP contribution >= 0.6 is 0 Å². The average molecular weight is 276 g/mol. The smallest absolute Gasteiger partial charge is 0.180 e. The molecule has 0 bridgehead atoms. The van der Waals surface area contributed by atoms with Crippen molar-refractivity contribution in [2.45, 2.75) is 19.8 Å². The Morgan fingerprint density at radius 3 is 3.00 bits per heavy atom. The van der Waals surface area contributed by atoms with Gasteiger partial charge in [-0.05, 0) is 38.1 Å². The molecule has 1 aliphatic rings. The third-order valence-corrected chi connectivity index (χ3v) is 3.45. The van der Waals surface area contributed by atoms with E-state index in [0.29, 0.717) is 24.5 Å². The maximum atomic E-state index is 12.5. The highest BCUT2D eigenvalue weighted by Crippen LogP contribution is 2.19. The molecule has 20 heavy (non-hydrogen) atoms. The molecule has 0 aromatic heterocycles. The number of hydrogen-bond donors (Lipinski definition) is 1. The van der Waals surface area contributed by atoms with Gasteiger partial charge in [0.2, 0.25) is 0 Å². The zero-order valence-electron chi connectivity index (χ0n) is 12.2. The predicted octanol–water partition coefficient (Wildman–Crippen LogP) is 1.95. The van der Waals surface area contributed by atoms with Crippen LogP contribution in [0.3, 0.4) is 0 Å². The lowest BCUT2D eigenvalue weighted by molar-refractivity contribution is 0.0931. The van der Waals surface area contributed by atoms with Gasteiger partial charge in [0.15, 0.2) is 5.78 Å². The summed E-state index contributed by atoms with van der Waals surface area (Å²) in [5, 5.41) is 3.35. The summed E-state index contributed by atoms with van der Waals surface area (Å²) >= 11 is 0. The van der Waals surface area contributed by atoms with Crippen LogP contribution in [0.25, 0.3) is 0 Å². The highest BCUT2D eigenvalue weighted by Gasteiger charge is 2.17. The first kappa shape index (κ1) is 15.0. The molecular weight excluding hydrogens is 252 g/mol. The van der Waals surface area contributed by atoms with Crippen LogP contribution in [0, 0.1) is 0 Å². The molecule has 1 saturated heterocycles. The van der Waals surface area contributed by atoms with Crippen molar-refractivity contribution in [3.05, 3.63) is 29.8 Å². The van der Waals surface area contributed by atoms with Crippen molar-refractivity contribution >= 4 is 5.78 Å². The van der Waals surface area contributed by atoms with Gasteiger partial charge in [0.1, 0.15) is 5.75 Å². The van der Waals surface area contributed by atoms with Gasteiger partial charge in [-0.15, -0.1) is 0 Å². The van der Waals surface area contributed by atoms with E-state index in [9.17, 15) is 4.79 Å². The molecule has 1 heterocycles. The van der Waals surface area contributed by atoms with E-state index in [1.165, 1.54) is 0 Å². The summed E-state index contributed by atoms with van der Waals surface area (Å²) in [5.41, 5.74) is 0.707. The number of nitrogens with zero attached hydrogens (tertiary/aromatic N) is 1. The minimum Gasteiger partial charge on any atom is -0.493 e. The summed E-state index contributed by atoms with van der Waals surface area (Å²) in [5.74, 6) is 0.867. The molecule has 0 saturated carbocycles. The number of nitrogens with one attached hydrogen (secondary N) is 1. The predicted molar refractivity (Wildman–Crippen MR) is 80.5 cm³/mol. The van der Waals surface area contributed by atoms with Crippen LogP contribution in [0.15, 0.2) is 24.3 Å². The molecule has 1 fully saturated rings. The van der Waals surface area contributed by atoms with Crippen LogP contribution in [0.1, 0.15) is 30.1 Å². The molecule has 1 aliphatic heterocycles. The molecule has 0 unspecified atom stereocenters. The second-order valence-corrected chi connectivity index (χ2v) is 5.15. The normalized spacial score (nSPS) is 16.6. The number of benzene rings is 1. The first-order chi connectivity index (χ1) is 9.81. The Bertz CT molecular complexity index is 426. The van der Waals surface area contributed by atoms with Gasteiger partial charge in [-0.1, -0.05) is 19.1 Å². The first-order valence-corrected chi connectivity index (χ1v) is 7.49. The summed E-state index contributed by atoms with van der Waals surface area (Å²) in [6.07, 6.45) is 2.04. The van der Waals surface area contributed by atoms with E-state index in [4.69, 9.17) is 4.74 Å². The molecule has 4 heteroatoms. The molecule has 2 rings (SSSR count). The van der Waals surface area contributed by atoms with Crippen LogP contribution < -0.4 is 10.1 Å². The third-order valence-electron chi connectivity index (χ3n) is 3.45. The lowest BCUT2D eigenvalue weighted by Gasteiger charge is -2.19. The zero-order valence-corrected chi connectivity index (χ0v) is 12.2. The van der Waals surface area contributed by atoms with E-state index in [0.717, 1.165) is 39.0 Å². The Morgan fingerprint density at radius 2 is 2.15 bits per heavy atom. The van der Waals surface area contributed by atoms with Gasteiger partial charge in [-0.2, -0.15) is 0 Å². The maximum Gasteiger partial charge on any atom is 0.180 e. The van der Waals surface area contributed by atoms with E-state index in [-0.39, 0.29) is 5.78 Å². The van der Waals surface area contributed by atoms with Gasteiger partial charge in [0.25, 0.3) is 0 Å².